The molecule has 0 aliphatic carbocycles. The third-order valence-corrected chi connectivity index (χ3v) is 3.08. The zero-order chi connectivity index (χ0) is 15.0. The van der Waals surface area contributed by atoms with Crippen LogP contribution >= 0.6 is 0 Å². The zero-order valence-corrected chi connectivity index (χ0v) is 12.9. The van der Waals surface area contributed by atoms with Gasteiger partial charge in [-0.05, 0) is 25.3 Å². The standard InChI is InChI=1S/C16H26N2O2/c1-5-20-15-9-7-6-8-13(15)11-18-14(10-12(2)3)16(19)17-4/h6-9,12,14,18H,5,10-11H2,1-4H3,(H,17,19). The van der Waals surface area contributed by atoms with Crippen molar-refractivity contribution in [3.05, 3.63) is 29.8 Å². The Hall–Kier alpha value is -1.55. The monoisotopic (exact) mass is 278 g/mol. The first kappa shape index (κ1) is 16.5. The normalized spacial score (nSPS) is 12.2. The first-order valence-electron chi connectivity index (χ1n) is 7.24. The van der Waals surface area contributed by atoms with Gasteiger partial charge in [-0.3, -0.25) is 4.79 Å². The number of carbonyl (C=O) groups excluding carboxylic acids is 1. The molecule has 1 rings (SSSR count). The molecule has 112 valence electrons. The van der Waals surface area contributed by atoms with E-state index in [1.807, 2.05) is 31.2 Å². The first-order chi connectivity index (χ1) is 9.58. The largest absolute Gasteiger partial charge is 0.494 e. The molecule has 20 heavy (non-hydrogen) atoms. The van der Waals surface area contributed by atoms with Crippen molar-refractivity contribution < 1.29 is 9.53 Å². The maximum Gasteiger partial charge on any atom is 0.236 e. The van der Waals surface area contributed by atoms with Gasteiger partial charge in [-0.25, -0.2) is 0 Å². The second kappa shape index (κ2) is 8.59. The van der Waals surface area contributed by atoms with E-state index in [1.165, 1.54) is 0 Å². The highest BCUT2D eigenvalue weighted by Crippen LogP contribution is 2.18. The molecule has 1 unspecified atom stereocenters. The van der Waals surface area contributed by atoms with Crippen LogP contribution < -0.4 is 15.4 Å². The van der Waals surface area contributed by atoms with Crippen LogP contribution in [0.15, 0.2) is 24.3 Å². The van der Waals surface area contributed by atoms with E-state index in [1.54, 1.807) is 7.05 Å². The smallest absolute Gasteiger partial charge is 0.236 e. The lowest BCUT2D eigenvalue weighted by Crippen LogP contribution is -2.43. The quantitative estimate of drug-likeness (QED) is 0.767. The maximum absolute atomic E-state index is 11.9. The van der Waals surface area contributed by atoms with Gasteiger partial charge in [0.05, 0.1) is 12.6 Å². The Bertz CT molecular complexity index is 419. The van der Waals surface area contributed by atoms with E-state index in [-0.39, 0.29) is 11.9 Å². The van der Waals surface area contributed by atoms with Crippen LogP contribution in [0, 0.1) is 5.92 Å². The Balaban J connectivity index is 2.69. The van der Waals surface area contributed by atoms with Crippen LogP contribution in [-0.2, 0) is 11.3 Å². The molecular formula is C16H26N2O2. The second-order valence-corrected chi connectivity index (χ2v) is 5.22. The highest BCUT2D eigenvalue weighted by molar-refractivity contribution is 5.81. The number of nitrogens with one attached hydrogen (secondary N) is 2. The van der Waals surface area contributed by atoms with Gasteiger partial charge in [-0.15, -0.1) is 0 Å². The van der Waals surface area contributed by atoms with Gasteiger partial charge in [-0.1, -0.05) is 32.0 Å². The van der Waals surface area contributed by atoms with E-state index in [0.717, 1.165) is 17.7 Å². The summed E-state index contributed by atoms with van der Waals surface area (Å²) in [6.07, 6.45) is 0.816. The number of carbonyl (C=O) groups is 1. The van der Waals surface area contributed by atoms with Crippen molar-refractivity contribution in [3.8, 4) is 5.75 Å². The summed E-state index contributed by atoms with van der Waals surface area (Å²) in [4.78, 5) is 11.9. The summed E-state index contributed by atoms with van der Waals surface area (Å²) in [5.74, 6) is 1.38. The lowest BCUT2D eigenvalue weighted by molar-refractivity contribution is -0.123. The van der Waals surface area contributed by atoms with E-state index in [2.05, 4.69) is 24.5 Å². The van der Waals surface area contributed by atoms with Crippen molar-refractivity contribution in [1.29, 1.82) is 0 Å². The molecule has 4 heteroatoms. The van der Waals surface area contributed by atoms with Gasteiger partial charge < -0.3 is 15.4 Å². The molecule has 0 bridgehead atoms. The maximum atomic E-state index is 11.9. The molecule has 0 aliphatic rings. The molecule has 0 spiro atoms. The number of hydrogen-bond acceptors (Lipinski definition) is 3. The predicted molar refractivity (Wildman–Crippen MR) is 81.8 cm³/mol. The van der Waals surface area contributed by atoms with Gasteiger partial charge >= 0.3 is 0 Å². The van der Waals surface area contributed by atoms with Gasteiger partial charge in [0.25, 0.3) is 0 Å². The van der Waals surface area contributed by atoms with Crippen molar-refractivity contribution in [2.45, 2.75) is 39.8 Å². The van der Waals surface area contributed by atoms with Crippen molar-refractivity contribution >= 4 is 5.91 Å². The Morgan fingerprint density at radius 2 is 2.00 bits per heavy atom. The molecule has 2 N–H and O–H groups in total. The van der Waals surface area contributed by atoms with Crippen molar-refractivity contribution in [2.24, 2.45) is 5.92 Å². The van der Waals surface area contributed by atoms with Crippen LogP contribution in [0.4, 0.5) is 0 Å². The second-order valence-electron chi connectivity index (χ2n) is 5.22. The molecule has 0 heterocycles. The molecule has 0 saturated heterocycles. The van der Waals surface area contributed by atoms with Gasteiger partial charge in [-0.2, -0.15) is 0 Å². The average Bonchev–Trinajstić information content (AvgIpc) is 2.44. The van der Waals surface area contributed by atoms with Crippen LogP contribution in [0.1, 0.15) is 32.8 Å². The van der Waals surface area contributed by atoms with Crippen molar-refractivity contribution in [3.63, 3.8) is 0 Å². The number of para-hydroxylation sites is 1. The number of likely N-dealkylation sites (N-methyl/N-ethyl adjacent to an activating group) is 1. The predicted octanol–water partition coefficient (Wildman–Crippen LogP) is 2.34. The van der Waals surface area contributed by atoms with E-state index in [4.69, 9.17) is 4.74 Å². The van der Waals surface area contributed by atoms with Gasteiger partial charge in [0.1, 0.15) is 5.75 Å². The first-order valence-corrected chi connectivity index (χ1v) is 7.24. The van der Waals surface area contributed by atoms with Crippen LogP contribution in [0.25, 0.3) is 0 Å². The van der Waals surface area contributed by atoms with E-state index in [0.29, 0.717) is 19.1 Å². The fourth-order valence-electron chi connectivity index (χ4n) is 2.11. The minimum atomic E-state index is -0.172. The molecule has 0 aliphatic heterocycles. The summed E-state index contributed by atoms with van der Waals surface area (Å²) in [5, 5.41) is 6.04. The molecule has 0 fully saturated rings. The molecule has 0 radical (unpaired) electrons. The Morgan fingerprint density at radius 3 is 2.60 bits per heavy atom. The highest BCUT2D eigenvalue weighted by atomic mass is 16.5. The van der Waals surface area contributed by atoms with Crippen LogP contribution in [0.5, 0.6) is 5.75 Å². The third-order valence-electron chi connectivity index (χ3n) is 3.08. The Kier molecular flexibility index (Phi) is 7.09. The van der Waals surface area contributed by atoms with Crippen LogP contribution in [0.3, 0.4) is 0 Å². The molecule has 0 saturated carbocycles. The molecule has 1 amide bonds. The fraction of sp³-hybridized carbons (Fsp3) is 0.562. The summed E-state index contributed by atoms with van der Waals surface area (Å²) < 4.78 is 5.60. The number of rotatable bonds is 8. The molecular weight excluding hydrogens is 252 g/mol. The topological polar surface area (TPSA) is 50.4 Å². The van der Waals surface area contributed by atoms with Crippen molar-refractivity contribution in [2.75, 3.05) is 13.7 Å². The number of hydrogen-bond donors (Lipinski definition) is 2. The average molecular weight is 278 g/mol. The van der Waals surface area contributed by atoms with Gasteiger partial charge in [0.2, 0.25) is 5.91 Å². The van der Waals surface area contributed by atoms with Gasteiger partial charge in [0.15, 0.2) is 0 Å². The van der Waals surface area contributed by atoms with E-state index in [9.17, 15) is 4.79 Å². The summed E-state index contributed by atoms with van der Waals surface area (Å²) in [6.45, 7) is 7.47. The van der Waals surface area contributed by atoms with Crippen LogP contribution in [0.2, 0.25) is 0 Å². The summed E-state index contributed by atoms with van der Waals surface area (Å²) in [7, 11) is 1.67. The lowest BCUT2D eigenvalue weighted by Gasteiger charge is -2.20. The number of amides is 1. The Morgan fingerprint density at radius 1 is 1.30 bits per heavy atom. The Labute approximate surface area is 121 Å². The highest BCUT2D eigenvalue weighted by Gasteiger charge is 2.18. The van der Waals surface area contributed by atoms with Crippen molar-refractivity contribution in [1.82, 2.24) is 10.6 Å². The van der Waals surface area contributed by atoms with Crippen LogP contribution in [-0.4, -0.2) is 25.6 Å². The zero-order valence-electron chi connectivity index (χ0n) is 12.9. The summed E-state index contributed by atoms with van der Waals surface area (Å²) in [6, 6.07) is 7.75. The molecule has 1 aromatic rings. The molecule has 1 atom stereocenters. The summed E-state index contributed by atoms with van der Waals surface area (Å²) >= 11 is 0. The SMILES string of the molecule is CCOc1ccccc1CNC(CC(C)C)C(=O)NC. The molecule has 1 aromatic carbocycles. The van der Waals surface area contributed by atoms with E-state index >= 15 is 0 Å². The molecule has 4 nitrogen and oxygen atoms in total. The van der Waals surface area contributed by atoms with Gasteiger partial charge in [0, 0.05) is 19.2 Å². The number of ether oxygens (including phenoxy) is 1. The molecule has 0 aromatic heterocycles. The number of benzene rings is 1. The van der Waals surface area contributed by atoms with E-state index < -0.39 is 0 Å². The fourth-order valence-corrected chi connectivity index (χ4v) is 2.11. The lowest BCUT2D eigenvalue weighted by atomic mass is 10.0. The third kappa shape index (κ3) is 5.21. The summed E-state index contributed by atoms with van der Waals surface area (Å²) in [5.41, 5.74) is 1.08. The minimum absolute atomic E-state index is 0.0348. The minimum Gasteiger partial charge on any atom is -0.494 e.